The fraction of sp³-hybridized carbons (Fsp3) is 0.625. The second kappa shape index (κ2) is 5.17. The van der Waals surface area contributed by atoms with Crippen molar-refractivity contribution < 1.29 is 4.74 Å². The lowest BCUT2D eigenvalue weighted by Gasteiger charge is -2.10. The third-order valence-electron chi connectivity index (χ3n) is 1.84. The van der Waals surface area contributed by atoms with Crippen molar-refractivity contribution in [2.24, 2.45) is 0 Å². The Morgan fingerprint density at radius 1 is 1.77 bits per heavy atom. The molecule has 1 heterocycles. The molecule has 0 bridgehead atoms. The summed E-state index contributed by atoms with van der Waals surface area (Å²) in [6.45, 7) is 2.84. The zero-order chi connectivity index (χ0) is 9.84. The van der Waals surface area contributed by atoms with E-state index in [2.05, 4.69) is 34.6 Å². The summed E-state index contributed by atoms with van der Waals surface area (Å²) >= 11 is 8.01. The van der Waals surface area contributed by atoms with Crippen LogP contribution in [0.4, 0.5) is 0 Å². The molecule has 0 fully saturated rings. The van der Waals surface area contributed by atoms with E-state index in [0.717, 1.165) is 16.7 Å². The van der Waals surface area contributed by atoms with E-state index >= 15 is 0 Å². The minimum absolute atomic E-state index is 0.334. The molecule has 74 valence electrons. The first-order valence-electron chi connectivity index (χ1n) is 4.04. The summed E-state index contributed by atoms with van der Waals surface area (Å²) in [5.41, 5.74) is 0. The van der Waals surface area contributed by atoms with Gasteiger partial charge in [-0.05, 0) is 35.9 Å². The number of ether oxygens (including phenoxy) is 1. The second-order valence-electron chi connectivity index (χ2n) is 2.88. The van der Waals surface area contributed by atoms with Crippen LogP contribution in [0.2, 0.25) is 5.02 Å². The van der Waals surface area contributed by atoms with Gasteiger partial charge < -0.3 is 4.74 Å². The summed E-state index contributed by atoms with van der Waals surface area (Å²) in [5, 5.41) is 4.99. The third kappa shape index (κ3) is 3.11. The highest BCUT2D eigenvalue weighted by Gasteiger charge is 2.08. The summed E-state index contributed by atoms with van der Waals surface area (Å²) in [4.78, 5) is 0. The van der Waals surface area contributed by atoms with Crippen molar-refractivity contribution in [2.75, 3.05) is 13.7 Å². The quantitative estimate of drug-likeness (QED) is 0.799. The summed E-state index contributed by atoms with van der Waals surface area (Å²) in [5.74, 6) is 0. The van der Waals surface area contributed by atoms with E-state index in [0.29, 0.717) is 11.1 Å². The van der Waals surface area contributed by atoms with Gasteiger partial charge in [-0.15, -0.1) is 0 Å². The summed E-state index contributed by atoms with van der Waals surface area (Å²) < 4.78 is 7.72. The van der Waals surface area contributed by atoms with E-state index in [4.69, 9.17) is 16.3 Å². The molecule has 1 aromatic heterocycles. The lowest BCUT2D eigenvalue weighted by atomic mass is 10.2. The summed E-state index contributed by atoms with van der Waals surface area (Å²) in [7, 11) is 1.70. The van der Waals surface area contributed by atoms with E-state index in [1.165, 1.54) is 0 Å². The predicted octanol–water partition coefficient (Wildman–Crippen LogP) is 2.74. The van der Waals surface area contributed by atoms with Gasteiger partial charge in [-0.3, -0.25) is 4.68 Å². The lowest BCUT2D eigenvalue weighted by Crippen LogP contribution is -2.08. The lowest BCUT2D eigenvalue weighted by molar-refractivity contribution is 0.178. The smallest absolute Gasteiger partial charge is 0.141 e. The van der Waals surface area contributed by atoms with Crippen LogP contribution in [0.1, 0.15) is 19.4 Å². The molecule has 5 heteroatoms. The van der Waals surface area contributed by atoms with Crippen LogP contribution in [0.15, 0.2) is 6.20 Å². The van der Waals surface area contributed by atoms with Crippen molar-refractivity contribution in [1.82, 2.24) is 9.78 Å². The minimum atomic E-state index is 0.334. The molecule has 0 aromatic carbocycles. The van der Waals surface area contributed by atoms with Gasteiger partial charge >= 0.3 is 0 Å². The maximum Gasteiger partial charge on any atom is 0.141 e. The van der Waals surface area contributed by atoms with Gasteiger partial charge in [-0.1, -0.05) is 11.6 Å². The first kappa shape index (κ1) is 11.3. The molecule has 0 aliphatic carbocycles. The Morgan fingerprint density at radius 3 is 2.92 bits per heavy atom. The normalized spacial score (nSPS) is 13.2. The van der Waals surface area contributed by atoms with Gasteiger partial charge in [-0.25, -0.2) is 0 Å². The zero-order valence-corrected chi connectivity index (χ0v) is 10.5. The van der Waals surface area contributed by atoms with Crippen LogP contribution in [-0.2, 0) is 4.74 Å². The molecule has 1 atom stereocenters. The maximum atomic E-state index is 5.89. The number of rotatable bonds is 4. The molecule has 3 nitrogen and oxygen atoms in total. The van der Waals surface area contributed by atoms with Gasteiger partial charge in [0.1, 0.15) is 3.70 Å². The molecule has 0 N–H and O–H groups in total. The molecule has 0 spiro atoms. The third-order valence-corrected chi connectivity index (χ3v) is 3.23. The topological polar surface area (TPSA) is 27.1 Å². The second-order valence-corrected chi connectivity index (χ2v) is 4.31. The number of halogens is 2. The van der Waals surface area contributed by atoms with Crippen LogP contribution in [0.3, 0.4) is 0 Å². The number of methoxy groups -OCH3 is 1. The van der Waals surface area contributed by atoms with E-state index in [1.807, 2.05) is 10.9 Å². The highest BCUT2D eigenvalue weighted by atomic mass is 127. The Kier molecular flexibility index (Phi) is 4.48. The van der Waals surface area contributed by atoms with Crippen LogP contribution in [0.25, 0.3) is 0 Å². The minimum Gasteiger partial charge on any atom is -0.385 e. The first-order chi connectivity index (χ1) is 6.15. The number of aromatic nitrogens is 2. The van der Waals surface area contributed by atoms with E-state index in [-0.39, 0.29) is 0 Å². The van der Waals surface area contributed by atoms with E-state index in [1.54, 1.807) is 7.11 Å². The van der Waals surface area contributed by atoms with Crippen LogP contribution in [-0.4, -0.2) is 23.5 Å². The van der Waals surface area contributed by atoms with E-state index < -0.39 is 0 Å². The van der Waals surface area contributed by atoms with Gasteiger partial charge in [0.2, 0.25) is 0 Å². The Balaban J connectivity index is 2.60. The number of nitrogens with zero attached hydrogens (tertiary/aromatic N) is 2. The van der Waals surface area contributed by atoms with Gasteiger partial charge in [0.25, 0.3) is 0 Å². The molecule has 0 aliphatic rings. The monoisotopic (exact) mass is 314 g/mol. The summed E-state index contributed by atoms with van der Waals surface area (Å²) in [6.07, 6.45) is 2.80. The van der Waals surface area contributed by atoms with E-state index in [9.17, 15) is 0 Å². The molecule has 0 saturated heterocycles. The van der Waals surface area contributed by atoms with Crippen LogP contribution in [0, 0.1) is 3.70 Å². The van der Waals surface area contributed by atoms with Crippen LogP contribution < -0.4 is 0 Å². The Morgan fingerprint density at radius 2 is 2.46 bits per heavy atom. The SMILES string of the molecule is COCCC(C)n1cc(Cl)c(I)n1. The Bertz CT molecular complexity index is 258. The summed E-state index contributed by atoms with van der Waals surface area (Å²) in [6, 6.07) is 0.334. The standard InChI is InChI=1S/C8H12ClIN2O/c1-6(3-4-13-2)12-5-7(9)8(10)11-12/h5-6H,3-4H2,1-2H3. The average molecular weight is 315 g/mol. The van der Waals surface area contributed by atoms with Crippen molar-refractivity contribution in [2.45, 2.75) is 19.4 Å². The first-order valence-corrected chi connectivity index (χ1v) is 5.50. The molecule has 13 heavy (non-hydrogen) atoms. The van der Waals surface area contributed by atoms with Gasteiger partial charge in [0.15, 0.2) is 0 Å². The van der Waals surface area contributed by atoms with Crippen molar-refractivity contribution in [3.05, 3.63) is 14.9 Å². The molecule has 0 amide bonds. The Hall–Kier alpha value is 0.190. The molecular weight excluding hydrogens is 302 g/mol. The van der Waals surface area contributed by atoms with Gasteiger partial charge in [-0.2, -0.15) is 5.10 Å². The zero-order valence-electron chi connectivity index (χ0n) is 7.63. The fourth-order valence-electron chi connectivity index (χ4n) is 0.994. The molecule has 0 saturated carbocycles. The highest BCUT2D eigenvalue weighted by molar-refractivity contribution is 14.1. The van der Waals surface area contributed by atoms with Crippen molar-refractivity contribution >= 4 is 34.2 Å². The van der Waals surface area contributed by atoms with Gasteiger partial charge in [0.05, 0.1) is 11.1 Å². The average Bonchev–Trinajstić information content (AvgIpc) is 2.43. The molecule has 1 unspecified atom stereocenters. The van der Waals surface area contributed by atoms with Crippen molar-refractivity contribution in [3.63, 3.8) is 0 Å². The number of hydrogen-bond acceptors (Lipinski definition) is 2. The van der Waals surface area contributed by atoms with Crippen LogP contribution in [0.5, 0.6) is 0 Å². The molecular formula is C8H12ClIN2O. The molecule has 1 aromatic rings. The maximum absolute atomic E-state index is 5.89. The van der Waals surface area contributed by atoms with Crippen molar-refractivity contribution in [1.29, 1.82) is 0 Å². The van der Waals surface area contributed by atoms with Crippen LogP contribution >= 0.6 is 34.2 Å². The molecule has 0 radical (unpaired) electrons. The molecule has 0 aliphatic heterocycles. The highest BCUT2D eigenvalue weighted by Crippen LogP contribution is 2.19. The largest absolute Gasteiger partial charge is 0.385 e. The molecule has 1 rings (SSSR count). The van der Waals surface area contributed by atoms with Crippen molar-refractivity contribution in [3.8, 4) is 0 Å². The predicted molar refractivity (Wildman–Crippen MR) is 61.2 cm³/mol. The van der Waals surface area contributed by atoms with Gasteiger partial charge in [0, 0.05) is 19.9 Å². The Labute approximate surface area is 96.5 Å². The fourth-order valence-corrected chi connectivity index (χ4v) is 1.52. The number of hydrogen-bond donors (Lipinski definition) is 0.